The number of hydrogen-bond donors (Lipinski definition) is 1. The van der Waals surface area contributed by atoms with Crippen molar-refractivity contribution in [2.24, 2.45) is 0 Å². The maximum atomic E-state index is 13.3. The SMILES string of the molecule is C=CCN(CC(=O)N(Cc1ccc(F)cc1)Cc1cccs1)C(=O)Nc1ccc(C)cc1C. The fourth-order valence-electron chi connectivity index (χ4n) is 3.42. The van der Waals surface area contributed by atoms with E-state index in [1.807, 2.05) is 49.6 Å². The minimum Gasteiger partial charge on any atom is -0.332 e. The lowest BCUT2D eigenvalue weighted by Crippen LogP contribution is -2.44. The Hall–Kier alpha value is -3.45. The summed E-state index contributed by atoms with van der Waals surface area (Å²) in [5, 5.41) is 4.85. The molecule has 0 aliphatic heterocycles. The number of nitrogens with zero attached hydrogens (tertiary/aromatic N) is 2. The molecular weight excluding hydrogens is 437 g/mol. The monoisotopic (exact) mass is 465 g/mol. The number of nitrogens with one attached hydrogen (secondary N) is 1. The van der Waals surface area contributed by atoms with Gasteiger partial charge in [-0.2, -0.15) is 0 Å². The molecule has 0 aliphatic rings. The Balaban J connectivity index is 1.75. The number of thiophene rings is 1. The summed E-state index contributed by atoms with van der Waals surface area (Å²) < 4.78 is 13.3. The molecule has 172 valence electrons. The molecule has 7 heteroatoms. The summed E-state index contributed by atoms with van der Waals surface area (Å²) in [6.07, 6.45) is 1.60. The molecule has 3 aromatic rings. The van der Waals surface area contributed by atoms with Crippen molar-refractivity contribution in [1.82, 2.24) is 9.80 Å². The van der Waals surface area contributed by atoms with Gasteiger partial charge in [0.15, 0.2) is 0 Å². The molecule has 0 fully saturated rings. The number of carbonyl (C=O) groups is 2. The fourth-order valence-corrected chi connectivity index (χ4v) is 4.14. The number of benzene rings is 2. The van der Waals surface area contributed by atoms with Gasteiger partial charge in [-0.25, -0.2) is 9.18 Å². The van der Waals surface area contributed by atoms with E-state index in [2.05, 4.69) is 11.9 Å². The molecule has 5 nitrogen and oxygen atoms in total. The second-order valence-electron chi connectivity index (χ2n) is 7.87. The maximum Gasteiger partial charge on any atom is 0.322 e. The van der Waals surface area contributed by atoms with Gasteiger partial charge in [0.25, 0.3) is 0 Å². The van der Waals surface area contributed by atoms with E-state index in [1.165, 1.54) is 17.0 Å². The van der Waals surface area contributed by atoms with Gasteiger partial charge in [0.2, 0.25) is 5.91 Å². The zero-order chi connectivity index (χ0) is 23.8. The second kappa shape index (κ2) is 11.4. The van der Waals surface area contributed by atoms with E-state index in [1.54, 1.807) is 34.4 Å². The Kier molecular flexibility index (Phi) is 8.38. The summed E-state index contributed by atoms with van der Waals surface area (Å²) in [4.78, 5) is 30.4. The van der Waals surface area contributed by atoms with Gasteiger partial charge in [-0.1, -0.05) is 42.0 Å². The number of anilines is 1. The van der Waals surface area contributed by atoms with Gasteiger partial charge in [0.1, 0.15) is 12.4 Å². The third-order valence-electron chi connectivity index (χ3n) is 5.15. The van der Waals surface area contributed by atoms with Crippen molar-refractivity contribution in [3.05, 3.63) is 100 Å². The Morgan fingerprint density at radius 2 is 1.82 bits per heavy atom. The molecule has 0 atom stereocenters. The highest BCUT2D eigenvalue weighted by molar-refractivity contribution is 7.09. The molecule has 0 bridgehead atoms. The van der Waals surface area contributed by atoms with E-state index in [0.29, 0.717) is 18.8 Å². The Morgan fingerprint density at radius 3 is 2.45 bits per heavy atom. The van der Waals surface area contributed by atoms with Crippen molar-refractivity contribution in [3.63, 3.8) is 0 Å². The zero-order valence-electron chi connectivity index (χ0n) is 18.9. The highest BCUT2D eigenvalue weighted by Crippen LogP contribution is 2.18. The molecule has 3 rings (SSSR count). The average molecular weight is 466 g/mol. The minimum atomic E-state index is -0.368. The normalized spacial score (nSPS) is 10.5. The van der Waals surface area contributed by atoms with E-state index < -0.39 is 0 Å². The van der Waals surface area contributed by atoms with E-state index in [0.717, 1.165) is 21.6 Å². The van der Waals surface area contributed by atoms with Crippen LogP contribution < -0.4 is 5.32 Å². The minimum absolute atomic E-state index is 0.102. The van der Waals surface area contributed by atoms with Crippen molar-refractivity contribution in [3.8, 4) is 0 Å². The largest absolute Gasteiger partial charge is 0.332 e. The third-order valence-corrected chi connectivity index (χ3v) is 6.01. The van der Waals surface area contributed by atoms with Crippen LogP contribution in [0.4, 0.5) is 14.9 Å². The molecule has 1 N–H and O–H groups in total. The molecule has 33 heavy (non-hydrogen) atoms. The molecule has 0 saturated heterocycles. The smallest absolute Gasteiger partial charge is 0.322 e. The van der Waals surface area contributed by atoms with E-state index >= 15 is 0 Å². The van der Waals surface area contributed by atoms with Crippen molar-refractivity contribution in [2.45, 2.75) is 26.9 Å². The van der Waals surface area contributed by atoms with Crippen LogP contribution >= 0.6 is 11.3 Å². The van der Waals surface area contributed by atoms with Crippen LogP contribution in [-0.4, -0.2) is 34.8 Å². The Morgan fingerprint density at radius 1 is 1.06 bits per heavy atom. The number of halogens is 1. The van der Waals surface area contributed by atoms with Gasteiger partial charge in [-0.15, -0.1) is 17.9 Å². The van der Waals surface area contributed by atoms with Gasteiger partial charge in [0, 0.05) is 23.7 Å². The fraction of sp³-hybridized carbons (Fsp3) is 0.231. The van der Waals surface area contributed by atoms with Crippen LogP contribution in [0.1, 0.15) is 21.6 Å². The summed E-state index contributed by atoms with van der Waals surface area (Å²) in [7, 11) is 0. The van der Waals surface area contributed by atoms with Crippen molar-refractivity contribution >= 4 is 29.0 Å². The van der Waals surface area contributed by atoms with Gasteiger partial charge in [-0.3, -0.25) is 4.79 Å². The third kappa shape index (κ3) is 7.02. The standard InChI is InChI=1S/C26H28FN3O2S/c1-4-13-29(26(32)28-24-12-7-19(2)15-20(24)3)18-25(31)30(17-23-6-5-14-33-23)16-21-8-10-22(27)11-9-21/h4-12,14-15H,1,13,16-18H2,2-3H3,(H,28,32). The number of carbonyl (C=O) groups excluding carboxylic acids is 2. The Bertz CT molecular complexity index is 1100. The molecule has 1 heterocycles. The summed E-state index contributed by atoms with van der Waals surface area (Å²) in [6.45, 7) is 8.50. The number of amides is 3. The van der Waals surface area contributed by atoms with Crippen LogP contribution in [0.15, 0.2) is 72.6 Å². The van der Waals surface area contributed by atoms with Gasteiger partial charge in [0.05, 0.1) is 6.54 Å². The Labute approximate surface area is 198 Å². The molecule has 0 aliphatic carbocycles. The van der Waals surface area contributed by atoms with Crippen molar-refractivity contribution < 1.29 is 14.0 Å². The molecule has 0 radical (unpaired) electrons. The van der Waals surface area contributed by atoms with Crippen LogP contribution in [0.2, 0.25) is 0 Å². The predicted octanol–water partition coefficient (Wildman–Crippen LogP) is 5.75. The molecule has 0 saturated carbocycles. The van der Waals surface area contributed by atoms with E-state index in [4.69, 9.17) is 0 Å². The van der Waals surface area contributed by atoms with Crippen LogP contribution in [0.25, 0.3) is 0 Å². The quantitative estimate of drug-likeness (QED) is 0.409. The molecule has 0 spiro atoms. The highest BCUT2D eigenvalue weighted by Gasteiger charge is 2.22. The molecular formula is C26H28FN3O2S. The van der Waals surface area contributed by atoms with Crippen molar-refractivity contribution in [2.75, 3.05) is 18.4 Å². The number of rotatable bonds is 9. The van der Waals surface area contributed by atoms with E-state index in [9.17, 15) is 14.0 Å². The average Bonchev–Trinajstić information content (AvgIpc) is 3.29. The number of hydrogen-bond acceptors (Lipinski definition) is 3. The van der Waals surface area contributed by atoms with Gasteiger partial charge < -0.3 is 15.1 Å². The lowest BCUT2D eigenvalue weighted by atomic mass is 10.1. The second-order valence-corrected chi connectivity index (χ2v) is 8.91. The predicted molar refractivity (Wildman–Crippen MR) is 132 cm³/mol. The lowest BCUT2D eigenvalue weighted by Gasteiger charge is -2.27. The summed E-state index contributed by atoms with van der Waals surface area (Å²) in [5.74, 6) is -0.527. The van der Waals surface area contributed by atoms with E-state index in [-0.39, 0.29) is 30.8 Å². The molecule has 0 unspecified atom stereocenters. The number of urea groups is 1. The first-order valence-corrected chi connectivity index (χ1v) is 11.5. The summed E-state index contributed by atoms with van der Waals surface area (Å²) in [6, 6.07) is 15.4. The first-order valence-electron chi connectivity index (χ1n) is 10.6. The van der Waals surface area contributed by atoms with Crippen LogP contribution in [0, 0.1) is 19.7 Å². The van der Waals surface area contributed by atoms with Crippen molar-refractivity contribution in [1.29, 1.82) is 0 Å². The maximum absolute atomic E-state index is 13.3. The van der Waals surface area contributed by atoms with Gasteiger partial charge >= 0.3 is 6.03 Å². The topological polar surface area (TPSA) is 52.7 Å². The molecule has 2 aromatic carbocycles. The highest BCUT2D eigenvalue weighted by atomic mass is 32.1. The van der Waals surface area contributed by atoms with Crippen LogP contribution in [0.5, 0.6) is 0 Å². The van der Waals surface area contributed by atoms with Crippen LogP contribution in [0.3, 0.4) is 0 Å². The first kappa shape index (κ1) is 24.2. The first-order chi connectivity index (χ1) is 15.9. The summed E-state index contributed by atoms with van der Waals surface area (Å²) in [5.41, 5.74) is 3.57. The lowest BCUT2D eigenvalue weighted by molar-refractivity contribution is -0.132. The van der Waals surface area contributed by atoms with Crippen LogP contribution in [-0.2, 0) is 17.9 Å². The zero-order valence-corrected chi connectivity index (χ0v) is 19.7. The molecule has 3 amide bonds. The van der Waals surface area contributed by atoms with Gasteiger partial charge in [-0.05, 0) is 54.6 Å². The summed E-state index contributed by atoms with van der Waals surface area (Å²) >= 11 is 1.56. The molecule has 1 aromatic heterocycles. The number of aryl methyl sites for hydroxylation is 2.